The molecular weight excluding hydrogens is 580 g/mol. The van der Waals surface area contributed by atoms with Crippen molar-refractivity contribution in [3.05, 3.63) is 76.2 Å². The number of furan rings is 1. The van der Waals surface area contributed by atoms with E-state index in [2.05, 4.69) is 26.1 Å². The van der Waals surface area contributed by atoms with Gasteiger partial charge in [0, 0.05) is 37.2 Å². The van der Waals surface area contributed by atoms with Crippen LogP contribution in [-0.4, -0.2) is 79.4 Å². The second-order valence-corrected chi connectivity index (χ2v) is 10.6. The summed E-state index contributed by atoms with van der Waals surface area (Å²) in [5.74, 6) is 2.57. The molecule has 0 bridgehead atoms. The van der Waals surface area contributed by atoms with E-state index in [1.54, 1.807) is 9.80 Å². The van der Waals surface area contributed by atoms with E-state index in [1.807, 2.05) is 61.5 Å². The third-order valence-corrected chi connectivity index (χ3v) is 7.52. The lowest BCUT2D eigenvalue weighted by Gasteiger charge is -2.31. The van der Waals surface area contributed by atoms with E-state index >= 15 is 0 Å². The molecule has 40 heavy (non-hydrogen) atoms. The molecule has 212 valence electrons. The van der Waals surface area contributed by atoms with Crippen molar-refractivity contribution in [2.24, 2.45) is 0 Å². The molecule has 1 saturated heterocycles. The number of hydrogen-bond acceptors (Lipinski definition) is 7. The average molecular weight is 614 g/mol. The fourth-order valence-corrected chi connectivity index (χ4v) is 4.99. The molecule has 11 heteroatoms. The van der Waals surface area contributed by atoms with Gasteiger partial charge in [-0.1, -0.05) is 18.2 Å². The van der Waals surface area contributed by atoms with E-state index in [9.17, 15) is 9.59 Å². The van der Waals surface area contributed by atoms with Gasteiger partial charge < -0.3 is 33.7 Å². The van der Waals surface area contributed by atoms with Crippen LogP contribution < -0.4 is 14.8 Å². The molecule has 1 aromatic heterocycles. The summed E-state index contributed by atoms with van der Waals surface area (Å²) in [6.45, 7) is 6.48. The number of aryl methyl sites for hydroxylation is 1. The number of carbonyl (C=O) groups is 2. The molecule has 3 aromatic rings. The molecule has 5 rings (SSSR count). The van der Waals surface area contributed by atoms with Crippen molar-refractivity contribution < 1.29 is 28.2 Å². The van der Waals surface area contributed by atoms with Crippen molar-refractivity contribution in [1.82, 2.24) is 14.7 Å². The molecule has 0 radical (unpaired) electrons. The number of rotatable bonds is 10. The predicted octanol–water partition coefficient (Wildman–Crippen LogP) is 4.47. The topological polar surface area (TPSA) is 96.7 Å². The van der Waals surface area contributed by atoms with Crippen LogP contribution in [0.2, 0.25) is 0 Å². The maximum atomic E-state index is 13.8. The molecule has 2 aliphatic rings. The molecule has 10 nitrogen and oxygen atoms in total. The fourth-order valence-electron chi connectivity index (χ4n) is 4.61. The number of nitrogens with one attached hydrogen (secondary N) is 1. The highest BCUT2D eigenvalue weighted by atomic mass is 79.9. The smallest absolute Gasteiger partial charge is 0.322 e. The van der Waals surface area contributed by atoms with Crippen LogP contribution >= 0.6 is 15.9 Å². The number of amides is 3. The second-order valence-electron chi connectivity index (χ2n) is 9.74. The summed E-state index contributed by atoms with van der Waals surface area (Å²) in [4.78, 5) is 32.8. The maximum absolute atomic E-state index is 13.8. The minimum Gasteiger partial charge on any atom is -0.464 e. The summed E-state index contributed by atoms with van der Waals surface area (Å²) < 4.78 is 23.0. The van der Waals surface area contributed by atoms with Gasteiger partial charge in [0.25, 0.3) is 0 Å². The Bertz CT molecular complexity index is 1330. The SMILES string of the molecule is Cc1ccc(CN(Cc2ccc3c(c2)OCO3)C(=O)CN(CCN2CCOCC2)C(=O)Nc2ccccc2Br)o1. The Morgan fingerprint density at radius 1 is 0.975 bits per heavy atom. The number of anilines is 1. The first-order valence-electron chi connectivity index (χ1n) is 13.3. The first-order valence-corrected chi connectivity index (χ1v) is 14.1. The summed E-state index contributed by atoms with van der Waals surface area (Å²) in [7, 11) is 0. The number of halogens is 1. The van der Waals surface area contributed by atoms with E-state index < -0.39 is 0 Å². The molecule has 3 heterocycles. The highest BCUT2D eigenvalue weighted by Crippen LogP contribution is 2.33. The van der Waals surface area contributed by atoms with Gasteiger partial charge in [0.2, 0.25) is 12.7 Å². The van der Waals surface area contributed by atoms with Gasteiger partial charge in [-0.15, -0.1) is 0 Å². The van der Waals surface area contributed by atoms with E-state index in [0.29, 0.717) is 55.8 Å². The third-order valence-electron chi connectivity index (χ3n) is 6.82. The van der Waals surface area contributed by atoms with Crippen LogP contribution in [0.4, 0.5) is 10.5 Å². The lowest BCUT2D eigenvalue weighted by molar-refractivity contribution is -0.133. The highest BCUT2D eigenvalue weighted by Gasteiger charge is 2.25. The van der Waals surface area contributed by atoms with Gasteiger partial charge in [0.15, 0.2) is 11.5 Å². The Morgan fingerprint density at radius 2 is 1.77 bits per heavy atom. The van der Waals surface area contributed by atoms with Gasteiger partial charge >= 0.3 is 6.03 Å². The lowest BCUT2D eigenvalue weighted by Crippen LogP contribution is -2.48. The zero-order chi connectivity index (χ0) is 27.9. The molecule has 0 aliphatic carbocycles. The highest BCUT2D eigenvalue weighted by molar-refractivity contribution is 9.10. The Morgan fingerprint density at radius 3 is 2.55 bits per heavy atom. The van der Waals surface area contributed by atoms with Crippen LogP contribution in [0.5, 0.6) is 11.5 Å². The summed E-state index contributed by atoms with van der Waals surface area (Å²) in [6, 6.07) is 16.4. The first kappa shape index (κ1) is 28.0. The van der Waals surface area contributed by atoms with Crippen molar-refractivity contribution in [1.29, 1.82) is 0 Å². The quantitative estimate of drug-likeness (QED) is 0.361. The Labute approximate surface area is 241 Å². The van der Waals surface area contributed by atoms with Crippen LogP contribution in [0.1, 0.15) is 17.1 Å². The molecule has 0 unspecified atom stereocenters. The molecule has 0 atom stereocenters. The minimum atomic E-state index is -0.342. The second kappa shape index (κ2) is 13.2. The zero-order valence-corrected chi connectivity index (χ0v) is 24.0. The van der Waals surface area contributed by atoms with E-state index in [4.69, 9.17) is 18.6 Å². The van der Waals surface area contributed by atoms with Crippen molar-refractivity contribution in [3.63, 3.8) is 0 Å². The first-order chi connectivity index (χ1) is 19.4. The molecule has 2 aliphatic heterocycles. The number of morpholine rings is 1. The summed E-state index contributed by atoms with van der Waals surface area (Å²) in [6.07, 6.45) is 0. The molecule has 0 saturated carbocycles. The standard InChI is InChI=1S/C29H33BrN4O6/c1-21-6-8-23(40-21)18-34(17-22-7-9-26-27(16-22)39-20-38-26)28(35)19-33(11-10-32-12-14-37-15-13-32)29(36)31-25-5-3-2-4-24(25)30/h2-9,16H,10-15,17-20H2,1H3,(H,31,36). The monoisotopic (exact) mass is 612 g/mol. The van der Waals surface area contributed by atoms with Crippen molar-refractivity contribution in [2.45, 2.75) is 20.0 Å². The predicted molar refractivity (Wildman–Crippen MR) is 152 cm³/mol. The number of benzene rings is 2. The van der Waals surface area contributed by atoms with Gasteiger partial charge in [-0.25, -0.2) is 4.79 Å². The van der Waals surface area contributed by atoms with Crippen molar-refractivity contribution in [2.75, 3.05) is 58.0 Å². The van der Waals surface area contributed by atoms with Crippen LogP contribution in [0.3, 0.4) is 0 Å². The van der Waals surface area contributed by atoms with Gasteiger partial charge in [0.05, 0.1) is 25.4 Å². The van der Waals surface area contributed by atoms with Gasteiger partial charge in [-0.3, -0.25) is 9.69 Å². The average Bonchev–Trinajstić information content (AvgIpc) is 3.60. The minimum absolute atomic E-state index is 0.0924. The number of hydrogen-bond donors (Lipinski definition) is 1. The number of fused-ring (bicyclic) bond motifs is 1. The molecule has 1 fully saturated rings. The summed E-state index contributed by atoms with van der Waals surface area (Å²) in [5.41, 5.74) is 1.53. The Balaban J connectivity index is 1.33. The number of nitrogens with zero attached hydrogens (tertiary/aromatic N) is 3. The number of ether oxygens (including phenoxy) is 3. The summed E-state index contributed by atoms with van der Waals surface area (Å²) in [5, 5.41) is 2.95. The van der Waals surface area contributed by atoms with Crippen LogP contribution in [0.25, 0.3) is 0 Å². The zero-order valence-electron chi connectivity index (χ0n) is 22.4. The largest absolute Gasteiger partial charge is 0.464 e. The molecule has 1 N–H and O–H groups in total. The van der Waals surface area contributed by atoms with E-state index in [0.717, 1.165) is 28.9 Å². The normalized spacial score (nSPS) is 14.7. The van der Waals surface area contributed by atoms with Crippen LogP contribution in [0, 0.1) is 6.92 Å². The molecule has 2 aromatic carbocycles. The van der Waals surface area contributed by atoms with Crippen molar-refractivity contribution >= 4 is 33.6 Å². The van der Waals surface area contributed by atoms with E-state index in [-0.39, 0.29) is 31.8 Å². The van der Waals surface area contributed by atoms with Crippen molar-refractivity contribution in [3.8, 4) is 11.5 Å². The molecule has 0 spiro atoms. The Kier molecular flexibility index (Phi) is 9.25. The van der Waals surface area contributed by atoms with E-state index in [1.165, 1.54) is 0 Å². The van der Waals surface area contributed by atoms with Crippen LogP contribution in [0.15, 0.2) is 63.5 Å². The third kappa shape index (κ3) is 7.35. The fraction of sp³-hybridized carbons (Fsp3) is 0.379. The van der Waals surface area contributed by atoms with Gasteiger partial charge in [-0.2, -0.15) is 0 Å². The van der Waals surface area contributed by atoms with Crippen LogP contribution in [-0.2, 0) is 22.6 Å². The van der Waals surface area contributed by atoms with Gasteiger partial charge in [-0.05, 0) is 64.8 Å². The lowest BCUT2D eigenvalue weighted by atomic mass is 10.2. The molecule has 3 amide bonds. The number of urea groups is 1. The number of para-hydroxylation sites is 1. The maximum Gasteiger partial charge on any atom is 0.322 e. The molecular formula is C29H33BrN4O6. The number of carbonyl (C=O) groups excluding carboxylic acids is 2. The summed E-state index contributed by atoms with van der Waals surface area (Å²) >= 11 is 3.49. The Hall–Kier alpha value is -3.54. The van der Waals surface area contributed by atoms with Gasteiger partial charge in [0.1, 0.15) is 18.1 Å².